The Morgan fingerprint density at radius 3 is 2.80 bits per heavy atom. The Kier molecular flexibility index (Phi) is 5.13. The zero-order valence-electron chi connectivity index (χ0n) is 13.9. The minimum atomic E-state index is -3.76. The number of nitrogens with one attached hydrogen (secondary N) is 1. The Morgan fingerprint density at radius 1 is 1.40 bits per heavy atom. The highest BCUT2D eigenvalue weighted by atomic mass is 32.2. The van der Waals surface area contributed by atoms with E-state index in [0.29, 0.717) is 13.1 Å². The van der Waals surface area contributed by atoms with Crippen LogP contribution < -0.4 is 4.72 Å². The maximum Gasteiger partial charge on any atom is 0.303 e. The number of carboxylic acids is 1. The minimum absolute atomic E-state index is 0.0748. The molecule has 1 aliphatic heterocycles. The van der Waals surface area contributed by atoms with Crippen molar-refractivity contribution >= 4 is 16.0 Å². The molecule has 2 N–H and O–H groups in total. The number of sulfonamides is 1. The Morgan fingerprint density at radius 2 is 2.16 bits per heavy atom. The number of hydrogen-bond acceptors (Lipinski definition) is 4. The van der Waals surface area contributed by atoms with Crippen molar-refractivity contribution in [3.05, 3.63) is 30.1 Å². The van der Waals surface area contributed by atoms with Gasteiger partial charge >= 0.3 is 5.97 Å². The molecule has 2 fully saturated rings. The van der Waals surface area contributed by atoms with Crippen LogP contribution in [0.3, 0.4) is 0 Å². The smallest absolute Gasteiger partial charge is 0.303 e. The van der Waals surface area contributed by atoms with Crippen LogP contribution in [0.25, 0.3) is 0 Å². The lowest BCUT2D eigenvalue weighted by molar-refractivity contribution is -0.138. The van der Waals surface area contributed by atoms with Gasteiger partial charge in [0.25, 0.3) is 0 Å². The molecule has 0 aromatic heterocycles. The van der Waals surface area contributed by atoms with Crippen molar-refractivity contribution in [2.24, 2.45) is 5.41 Å². The van der Waals surface area contributed by atoms with Gasteiger partial charge in [0, 0.05) is 19.1 Å². The number of carbonyl (C=O) groups is 1. The maximum absolute atomic E-state index is 13.3. The van der Waals surface area contributed by atoms with Crippen LogP contribution in [-0.4, -0.2) is 50.1 Å². The third-order valence-electron chi connectivity index (χ3n) is 4.98. The first-order chi connectivity index (χ1) is 11.8. The van der Waals surface area contributed by atoms with E-state index in [9.17, 15) is 17.6 Å². The van der Waals surface area contributed by atoms with Crippen molar-refractivity contribution in [3.8, 4) is 0 Å². The van der Waals surface area contributed by atoms with Gasteiger partial charge in [0.15, 0.2) is 0 Å². The average Bonchev–Trinajstić information content (AvgIpc) is 3.25. The highest BCUT2D eigenvalue weighted by Gasteiger charge is 2.46. The minimum Gasteiger partial charge on any atom is -0.481 e. The van der Waals surface area contributed by atoms with E-state index in [1.54, 1.807) is 0 Å². The summed E-state index contributed by atoms with van der Waals surface area (Å²) in [5.41, 5.74) is -0.144. The van der Waals surface area contributed by atoms with Gasteiger partial charge in [-0.25, -0.2) is 17.5 Å². The summed E-state index contributed by atoms with van der Waals surface area (Å²) in [7, 11) is -3.76. The average molecular weight is 370 g/mol. The zero-order chi connectivity index (χ0) is 18.1. The van der Waals surface area contributed by atoms with Gasteiger partial charge in [-0.2, -0.15) is 0 Å². The van der Waals surface area contributed by atoms with Crippen molar-refractivity contribution in [1.29, 1.82) is 0 Å². The van der Waals surface area contributed by atoms with E-state index >= 15 is 0 Å². The highest BCUT2D eigenvalue weighted by molar-refractivity contribution is 7.89. The van der Waals surface area contributed by atoms with Crippen LogP contribution in [0.2, 0.25) is 0 Å². The molecule has 6 nitrogen and oxygen atoms in total. The van der Waals surface area contributed by atoms with Crippen LogP contribution in [0.4, 0.5) is 4.39 Å². The van der Waals surface area contributed by atoms with Gasteiger partial charge in [0.2, 0.25) is 10.0 Å². The summed E-state index contributed by atoms with van der Waals surface area (Å²) < 4.78 is 40.8. The largest absolute Gasteiger partial charge is 0.481 e. The maximum atomic E-state index is 13.3. The number of piperidine rings is 1. The standard InChI is InChI=1S/C17H23FN2O4S/c18-13-3-1-5-15(9-13)25(23,24)19-14-4-2-8-20(11-14)12-17(6-7-17)10-16(21)22/h1,3,5,9,14,19H,2,4,6-8,10-12H2,(H,21,22). The highest BCUT2D eigenvalue weighted by Crippen LogP contribution is 2.49. The number of hydrogen-bond donors (Lipinski definition) is 2. The molecule has 3 rings (SSSR count). The molecule has 8 heteroatoms. The molecule has 1 aliphatic carbocycles. The number of aliphatic carboxylic acids is 1. The molecule has 1 aromatic rings. The number of benzene rings is 1. The van der Waals surface area contributed by atoms with E-state index in [-0.39, 0.29) is 22.8 Å². The molecule has 25 heavy (non-hydrogen) atoms. The molecule has 138 valence electrons. The van der Waals surface area contributed by atoms with Gasteiger partial charge in [-0.1, -0.05) is 6.07 Å². The van der Waals surface area contributed by atoms with Crippen LogP contribution in [0.5, 0.6) is 0 Å². The third kappa shape index (κ3) is 4.77. The molecule has 2 aliphatic rings. The first-order valence-electron chi connectivity index (χ1n) is 8.50. The number of rotatable bonds is 7. The van der Waals surface area contributed by atoms with E-state index in [2.05, 4.69) is 9.62 Å². The van der Waals surface area contributed by atoms with Crippen molar-refractivity contribution < 1.29 is 22.7 Å². The SMILES string of the molecule is O=C(O)CC1(CN2CCCC(NS(=O)(=O)c3cccc(F)c3)C2)CC1. The summed E-state index contributed by atoms with van der Waals surface area (Å²) in [6.07, 6.45) is 3.56. The van der Waals surface area contributed by atoms with Crippen molar-refractivity contribution in [3.63, 3.8) is 0 Å². The van der Waals surface area contributed by atoms with Crippen LogP contribution in [0.15, 0.2) is 29.2 Å². The summed E-state index contributed by atoms with van der Waals surface area (Å²) in [5.74, 6) is -1.37. The van der Waals surface area contributed by atoms with Gasteiger partial charge < -0.3 is 10.0 Å². The lowest BCUT2D eigenvalue weighted by Crippen LogP contribution is -2.49. The molecule has 1 heterocycles. The zero-order valence-corrected chi connectivity index (χ0v) is 14.8. The van der Waals surface area contributed by atoms with E-state index in [1.807, 2.05) is 0 Å². The summed E-state index contributed by atoms with van der Waals surface area (Å²) in [6, 6.07) is 4.72. The van der Waals surface area contributed by atoms with Gasteiger partial charge in [-0.3, -0.25) is 4.79 Å². The Hall–Kier alpha value is -1.51. The molecular weight excluding hydrogens is 347 g/mol. The van der Waals surface area contributed by atoms with E-state index in [0.717, 1.165) is 38.3 Å². The number of carboxylic acid groups (broad SMARTS) is 1. The van der Waals surface area contributed by atoms with E-state index in [4.69, 9.17) is 5.11 Å². The second-order valence-corrected chi connectivity index (χ2v) is 8.94. The first-order valence-corrected chi connectivity index (χ1v) is 9.98. The van der Waals surface area contributed by atoms with Gasteiger partial charge in [-0.05, 0) is 55.8 Å². The van der Waals surface area contributed by atoms with Gasteiger partial charge in [0.1, 0.15) is 5.82 Å². The number of halogens is 1. The van der Waals surface area contributed by atoms with Crippen LogP contribution in [0.1, 0.15) is 32.1 Å². The van der Waals surface area contributed by atoms with Crippen molar-refractivity contribution in [2.45, 2.75) is 43.0 Å². The molecule has 0 bridgehead atoms. The molecular formula is C17H23FN2O4S. The molecule has 0 radical (unpaired) electrons. The fraction of sp³-hybridized carbons (Fsp3) is 0.588. The first kappa shape index (κ1) is 18.3. The Balaban J connectivity index is 1.61. The molecule has 1 saturated carbocycles. The van der Waals surface area contributed by atoms with Crippen LogP contribution in [0, 0.1) is 11.2 Å². The molecule has 0 amide bonds. The molecule has 1 atom stereocenters. The topological polar surface area (TPSA) is 86.7 Å². The number of nitrogens with zero attached hydrogens (tertiary/aromatic N) is 1. The quantitative estimate of drug-likeness (QED) is 0.765. The molecule has 1 saturated heterocycles. The van der Waals surface area contributed by atoms with Crippen LogP contribution >= 0.6 is 0 Å². The monoisotopic (exact) mass is 370 g/mol. The fourth-order valence-electron chi connectivity index (χ4n) is 3.58. The fourth-order valence-corrected chi connectivity index (χ4v) is 4.87. The van der Waals surface area contributed by atoms with Gasteiger partial charge in [0.05, 0.1) is 11.3 Å². The second kappa shape index (κ2) is 7.01. The summed E-state index contributed by atoms with van der Waals surface area (Å²) in [6.45, 7) is 2.09. The Bertz CT molecular complexity index is 749. The van der Waals surface area contributed by atoms with Crippen molar-refractivity contribution in [1.82, 2.24) is 9.62 Å². The van der Waals surface area contributed by atoms with E-state index in [1.165, 1.54) is 18.2 Å². The van der Waals surface area contributed by atoms with Gasteiger partial charge in [-0.15, -0.1) is 0 Å². The van der Waals surface area contributed by atoms with Crippen LogP contribution in [-0.2, 0) is 14.8 Å². The summed E-state index contributed by atoms with van der Waals surface area (Å²) in [5, 5.41) is 9.03. The number of likely N-dealkylation sites (tertiary alicyclic amines) is 1. The molecule has 1 unspecified atom stereocenters. The van der Waals surface area contributed by atoms with Crippen molar-refractivity contribution in [2.75, 3.05) is 19.6 Å². The Labute approximate surface area is 147 Å². The third-order valence-corrected chi connectivity index (χ3v) is 6.49. The molecule has 0 spiro atoms. The predicted octanol–water partition coefficient (Wildman–Crippen LogP) is 1.82. The second-order valence-electron chi connectivity index (χ2n) is 7.22. The predicted molar refractivity (Wildman–Crippen MR) is 90.1 cm³/mol. The molecule has 1 aromatic carbocycles. The summed E-state index contributed by atoms with van der Waals surface area (Å²) in [4.78, 5) is 13.1. The lowest BCUT2D eigenvalue weighted by Gasteiger charge is -2.35. The lowest BCUT2D eigenvalue weighted by atomic mass is 9.99. The van der Waals surface area contributed by atoms with E-state index < -0.39 is 21.8 Å². The summed E-state index contributed by atoms with van der Waals surface area (Å²) >= 11 is 0. The normalized spacial score (nSPS) is 23.3.